The van der Waals surface area contributed by atoms with E-state index in [-0.39, 0.29) is 6.10 Å². The third kappa shape index (κ3) is 5.36. The van der Waals surface area contributed by atoms with Crippen molar-refractivity contribution in [3.05, 3.63) is 70.7 Å². The lowest BCUT2D eigenvalue weighted by Crippen LogP contribution is -2.26. The lowest BCUT2D eigenvalue weighted by atomic mass is 10.0. The summed E-state index contributed by atoms with van der Waals surface area (Å²) in [6.45, 7) is 6.62. The summed E-state index contributed by atoms with van der Waals surface area (Å²) in [5.41, 5.74) is 1.43. The molecular formula is C20H23ClO3. The maximum atomic E-state index is 12.3. The van der Waals surface area contributed by atoms with Crippen molar-refractivity contribution in [1.29, 1.82) is 0 Å². The van der Waals surface area contributed by atoms with Gasteiger partial charge >= 0.3 is 5.97 Å². The molecule has 2 aromatic carbocycles. The number of ether oxygens (including phenoxy) is 2. The molecule has 0 bridgehead atoms. The number of esters is 1. The largest absolute Gasteiger partial charge is 0.456 e. The van der Waals surface area contributed by atoms with E-state index in [4.69, 9.17) is 21.1 Å². The average Bonchev–Trinajstić information content (AvgIpc) is 2.55. The van der Waals surface area contributed by atoms with E-state index in [0.29, 0.717) is 23.1 Å². The Kier molecular flexibility index (Phi) is 6.83. The maximum Gasteiger partial charge on any atom is 0.338 e. The van der Waals surface area contributed by atoms with E-state index >= 15 is 0 Å². The second-order valence-corrected chi connectivity index (χ2v) is 6.62. The Balaban J connectivity index is 2.12. The van der Waals surface area contributed by atoms with Crippen LogP contribution < -0.4 is 0 Å². The summed E-state index contributed by atoms with van der Waals surface area (Å²) in [5.74, 6) is -0.00822. The van der Waals surface area contributed by atoms with E-state index in [1.54, 1.807) is 24.3 Å². The molecule has 0 aliphatic rings. The van der Waals surface area contributed by atoms with Crippen molar-refractivity contribution in [1.82, 2.24) is 0 Å². The van der Waals surface area contributed by atoms with Crippen molar-refractivity contribution in [2.24, 2.45) is 5.92 Å². The molecule has 0 aliphatic carbocycles. The molecule has 2 atom stereocenters. The smallest absolute Gasteiger partial charge is 0.338 e. The monoisotopic (exact) mass is 346 g/mol. The summed E-state index contributed by atoms with van der Waals surface area (Å²) >= 11 is 5.94. The minimum Gasteiger partial charge on any atom is -0.456 e. The lowest BCUT2D eigenvalue weighted by molar-refractivity contribution is -0.0547. The SMILES string of the molecule is CC(C)COC(c1ccccc1)C(C)OC(=O)c1cccc(Cl)c1. The zero-order chi connectivity index (χ0) is 17.5. The molecule has 0 radical (unpaired) electrons. The Morgan fingerprint density at radius 3 is 2.38 bits per heavy atom. The van der Waals surface area contributed by atoms with Gasteiger partial charge in [-0.3, -0.25) is 0 Å². The van der Waals surface area contributed by atoms with Crippen molar-refractivity contribution < 1.29 is 14.3 Å². The van der Waals surface area contributed by atoms with Gasteiger partial charge in [-0.05, 0) is 36.6 Å². The minimum absolute atomic E-state index is 0.309. The molecule has 0 saturated heterocycles. The van der Waals surface area contributed by atoms with Crippen LogP contribution in [-0.2, 0) is 9.47 Å². The fraction of sp³-hybridized carbons (Fsp3) is 0.350. The number of hydrogen-bond acceptors (Lipinski definition) is 3. The van der Waals surface area contributed by atoms with E-state index in [1.165, 1.54) is 0 Å². The van der Waals surface area contributed by atoms with Crippen LogP contribution in [0.1, 0.15) is 42.8 Å². The molecule has 3 nitrogen and oxygen atoms in total. The highest BCUT2D eigenvalue weighted by atomic mass is 35.5. The molecule has 0 aliphatic heterocycles. The first-order valence-corrected chi connectivity index (χ1v) is 8.48. The van der Waals surface area contributed by atoms with Crippen LogP contribution in [0, 0.1) is 5.92 Å². The number of carbonyl (C=O) groups excluding carboxylic acids is 1. The van der Waals surface area contributed by atoms with Crippen LogP contribution >= 0.6 is 11.6 Å². The van der Waals surface area contributed by atoms with Gasteiger partial charge in [-0.2, -0.15) is 0 Å². The zero-order valence-electron chi connectivity index (χ0n) is 14.2. The van der Waals surface area contributed by atoms with Gasteiger partial charge in [0.25, 0.3) is 0 Å². The number of hydrogen-bond donors (Lipinski definition) is 0. The van der Waals surface area contributed by atoms with Crippen LogP contribution in [0.15, 0.2) is 54.6 Å². The number of halogens is 1. The molecule has 0 saturated carbocycles. The Hall–Kier alpha value is -1.84. The second kappa shape index (κ2) is 8.86. The minimum atomic E-state index is -0.419. The molecule has 0 spiro atoms. The van der Waals surface area contributed by atoms with E-state index in [0.717, 1.165) is 5.56 Å². The van der Waals surface area contributed by atoms with Gasteiger partial charge in [-0.1, -0.05) is 61.8 Å². The van der Waals surface area contributed by atoms with Crippen molar-refractivity contribution >= 4 is 17.6 Å². The first-order valence-electron chi connectivity index (χ1n) is 8.10. The molecule has 0 amide bonds. The Morgan fingerprint density at radius 1 is 1.04 bits per heavy atom. The van der Waals surface area contributed by atoms with Gasteiger partial charge in [0.15, 0.2) is 0 Å². The quantitative estimate of drug-likeness (QED) is 0.638. The van der Waals surface area contributed by atoms with Crippen molar-refractivity contribution in [3.63, 3.8) is 0 Å². The Labute approximate surface area is 148 Å². The molecule has 128 valence electrons. The summed E-state index contributed by atoms with van der Waals surface area (Å²) in [4.78, 5) is 12.3. The standard InChI is InChI=1S/C20H23ClO3/c1-14(2)13-23-19(16-8-5-4-6-9-16)15(3)24-20(22)17-10-7-11-18(21)12-17/h4-12,14-15,19H,13H2,1-3H3. The van der Waals surface area contributed by atoms with E-state index in [9.17, 15) is 4.79 Å². The first kappa shape index (κ1) is 18.5. The number of carbonyl (C=O) groups is 1. The van der Waals surface area contributed by atoms with Gasteiger partial charge in [0.2, 0.25) is 0 Å². The van der Waals surface area contributed by atoms with Gasteiger partial charge < -0.3 is 9.47 Å². The predicted molar refractivity (Wildman–Crippen MR) is 96.3 cm³/mol. The topological polar surface area (TPSA) is 35.5 Å². The molecule has 2 rings (SSSR count). The molecule has 2 unspecified atom stereocenters. The van der Waals surface area contributed by atoms with E-state index in [1.807, 2.05) is 37.3 Å². The number of benzene rings is 2. The third-order valence-corrected chi connectivity index (χ3v) is 3.75. The van der Waals surface area contributed by atoms with Crippen LogP contribution in [0.3, 0.4) is 0 Å². The fourth-order valence-electron chi connectivity index (χ4n) is 2.36. The Bertz CT molecular complexity index is 655. The average molecular weight is 347 g/mol. The second-order valence-electron chi connectivity index (χ2n) is 6.18. The summed E-state index contributed by atoms with van der Waals surface area (Å²) in [6.07, 6.45) is -0.727. The number of rotatable bonds is 7. The van der Waals surface area contributed by atoms with Crippen molar-refractivity contribution in [3.8, 4) is 0 Å². The highest BCUT2D eigenvalue weighted by Crippen LogP contribution is 2.25. The van der Waals surface area contributed by atoms with Gasteiger partial charge in [0, 0.05) is 11.6 Å². The predicted octanol–water partition coefficient (Wildman–Crippen LogP) is 5.30. The Morgan fingerprint density at radius 2 is 1.75 bits per heavy atom. The van der Waals surface area contributed by atoms with E-state index in [2.05, 4.69) is 13.8 Å². The van der Waals surface area contributed by atoms with Crippen LogP contribution in [-0.4, -0.2) is 18.7 Å². The highest BCUT2D eigenvalue weighted by Gasteiger charge is 2.24. The first-order chi connectivity index (χ1) is 11.5. The molecule has 0 fully saturated rings. The summed E-state index contributed by atoms with van der Waals surface area (Å²) in [6, 6.07) is 16.6. The van der Waals surface area contributed by atoms with Crippen LogP contribution in [0.2, 0.25) is 5.02 Å². The maximum absolute atomic E-state index is 12.3. The van der Waals surface area contributed by atoms with Gasteiger partial charge in [-0.25, -0.2) is 4.79 Å². The van der Waals surface area contributed by atoms with Gasteiger partial charge in [0.1, 0.15) is 12.2 Å². The van der Waals surface area contributed by atoms with E-state index < -0.39 is 12.1 Å². The summed E-state index contributed by atoms with van der Waals surface area (Å²) in [7, 11) is 0. The molecular weight excluding hydrogens is 324 g/mol. The lowest BCUT2D eigenvalue weighted by Gasteiger charge is -2.25. The molecule has 4 heteroatoms. The van der Waals surface area contributed by atoms with Crippen molar-refractivity contribution in [2.45, 2.75) is 33.0 Å². The third-order valence-electron chi connectivity index (χ3n) is 3.52. The molecule has 0 N–H and O–H groups in total. The summed E-state index contributed by atoms with van der Waals surface area (Å²) in [5, 5.41) is 0.507. The van der Waals surface area contributed by atoms with Crippen LogP contribution in [0.4, 0.5) is 0 Å². The van der Waals surface area contributed by atoms with Crippen LogP contribution in [0.5, 0.6) is 0 Å². The fourth-order valence-corrected chi connectivity index (χ4v) is 2.55. The van der Waals surface area contributed by atoms with Gasteiger partial charge in [0.05, 0.1) is 5.56 Å². The molecule has 24 heavy (non-hydrogen) atoms. The highest BCUT2D eigenvalue weighted by molar-refractivity contribution is 6.30. The zero-order valence-corrected chi connectivity index (χ0v) is 15.0. The molecule has 2 aromatic rings. The van der Waals surface area contributed by atoms with Crippen LogP contribution in [0.25, 0.3) is 0 Å². The van der Waals surface area contributed by atoms with Crippen molar-refractivity contribution in [2.75, 3.05) is 6.61 Å². The van der Waals surface area contributed by atoms with Gasteiger partial charge in [-0.15, -0.1) is 0 Å². The molecule has 0 heterocycles. The summed E-state index contributed by atoms with van der Waals surface area (Å²) < 4.78 is 11.6. The molecule has 0 aromatic heterocycles. The normalized spacial score (nSPS) is 13.5.